The molecule has 168 valence electrons. The normalized spacial score (nSPS) is 10.6. The zero-order chi connectivity index (χ0) is 22.9. The minimum absolute atomic E-state index is 0.0227. The van der Waals surface area contributed by atoms with Gasteiger partial charge >= 0.3 is 11.9 Å². The lowest BCUT2D eigenvalue weighted by Crippen LogP contribution is -2.06. The van der Waals surface area contributed by atoms with Crippen LogP contribution in [-0.4, -0.2) is 35.9 Å². The molecular formula is C25H32O6. The molecule has 0 amide bonds. The number of carboxylic acid groups (broad SMARTS) is 1. The fraction of sp³-hybridized carbons (Fsp3) is 0.360. The van der Waals surface area contributed by atoms with E-state index in [-0.39, 0.29) is 17.1 Å². The average molecular weight is 429 g/mol. The number of hydrogen-bond acceptors (Lipinski definition) is 5. The van der Waals surface area contributed by atoms with Crippen LogP contribution >= 0.6 is 0 Å². The predicted molar refractivity (Wildman–Crippen MR) is 121 cm³/mol. The molecule has 0 unspecified atom stereocenters. The summed E-state index contributed by atoms with van der Waals surface area (Å²) < 4.78 is 9.79. The highest BCUT2D eigenvalue weighted by Gasteiger charge is 2.10. The van der Waals surface area contributed by atoms with Crippen LogP contribution in [0, 0.1) is 0 Å². The van der Waals surface area contributed by atoms with E-state index in [0.717, 1.165) is 18.4 Å². The Morgan fingerprint density at radius 2 is 1.52 bits per heavy atom. The van der Waals surface area contributed by atoms with Gasteiger partial charge in [0, 0.05) is 0 Å². The molecule has 6 nitrogen and oxygen atoms in total. The molecule has 0 fully saturated rings. The highest BCUT2D eigenvalue weighted by atomic mass is 16.5. The second kappa shape index (κ2) is 15.5. The molecule has 0 saturated heterocycles. The average Bonchev–Trinajstić information content (AvgIpc) is 2.78. The second-order valence-corrected chi connectivity index (χ2v) is 6.85. The number of ether oxygens (including phenoxy) is 2. The fourth-order valence-corrected chi connectivity index (χ4v) is 2.68. The Balaban J connectivity index is 0.000000327. The first-order chi connectivity index (χ1) is 15.0. The van der Waals surface area contributed by atoms with Crippen molar-refractivity contribution < 1.29 is 29.3 Å². The number of benzene rings is 2. The van der Waals surface area contributed by atoms with Crippen LogP contribution in [-0.2, 0) is 14.3 Å². The lowest BCUT2D eigenvalue weighted by molar-refractivity contribution is -0.135. The number of aliphatic carboxylic acids is 1. The van der Waals surface area contributed by atoms with Crippen LogP contribution in [0.5, 0.6) is 5.75 Å². The van der Waals surface area contributed by atoms with Crippen molar-refractivity contribution in [3.05, 3.63) is 71.5 Å². The minimum Gasteiger partial charge on any atom is -0.507 e. The third-order valence-electron chi connectivity index (χ3n) is 4.38. The van der Waals surface area contributed by atoms with Gasteiger partial charge in [-0.15, -0.1) is 0 Å². The van der Waals surface area contributed by atoms with Crippen molar-refractivity contribution in [3.8, 4) is 5.75 Å². The van der Waals surface area contributed by atoms with Crippen molar-refractivity contribution in [2.75, 3.05) is 13.7 Å². The summed E-state index contributed by atoms with van der Waals surface area (Å²) in [5.41, 5.74) is 1.05. The summed E-state index contributed by atoms with van der Waals surface area (Å²) in [5.74, 6) is -1.59. The van der Waals surface area contributed by atoms with Gasteiger partial charge in [0.15, 0.2) is 0 Å². The van der Waals surface area contributed by atoms with Crippen molar-refractivity contribution in [1.82, 2.24) is 0 Å². The van der Waals surface area contributed by atoms with Crippen LogP contribution in [0.4, 0.5) is 0 Å². The smallest absolute Gasteiger partial charge is 0.371 e. The number of rotatable bonds is 11. The summed E-state index contributed by atoms with van der Waals surface area (Å²) in [6.07, 6.45) is 8.42. The van der Waals surface area contributed by atoms with Gasteiger partial charge in [-0.3, -0.25) is 0 Å². The van der Waals surface area contributed by atoms with E-state index in [2.05, 4.69) is 11.7 Å². The van der Waals surface area contributed by atoms with Crippen molar-refractivity contribution in [3.63, 3.8) is 0 Å². The number of phenols is 1. The molecule has 2 aromatic carbocycles. The molecule has 0 spiro atoms. The maximum Gasteiger partial charge on any atom is 0.371 e. The van der Waals surface area contributed by atoms with Gasteiger partial charge in [-0.05, 0) is 30.2 Å². The number of hydrogen-bond donors (Lipinski definition) is 2. The van der Waals surface area contributed by atoms with E-state index in [1.807, 2.05) is 30.3 Å². The van der Waals surface area contributed by atoms with E-state index in [9.17, 15) is 14.7 Å². The molecule has 0 aromatic heterocycles. The van der Waals surface area contributed by atoms with Gasteiger partial charge in [-0.25, -0.2) is 9.59 Å². The van der Waals surface area contributed by atoms with Crippen molar-refractivity contribution >= 4 is 18.0 Å². The largest absolute Gasteiger partial charge is 0.507 e. The topological polar surface area (TPSA) is 93.1 Å². The zero-order valence-corrected chi connectivity index (χ0v) is 18.3. The van der Waals surface area contributed by atoms with Gasteiger partial charge in [0.05, 0.1) is 13.7 Å². The van der Waals surface area contributed by atoms with E-state index in [1.54, 1.807) is 18.2 Å². The molecule has 0 aliphatic rings. The van der Waals surface area contributed by atoms with Gasteiger partial charge in [0.1, 0.15) is 11.3 Å². The molecule has 2 N–H and O–H groups in total. The lowest BCUT2D eigenvalue weighted by atomic mass is 10.1. The summed E-state index contributed by atoms with van der Waals surface area (Å²) in [5, 5.41) is 18.1. The van der Waals surface area contributed by atoms with Crippen molar-refractivity contribution in [1.29, 1.82) is 0 Å². The molecule has 0 saturated carbocycles. The summed E-state index contributed by atoms with van der Waals surface area (Å²) in [7, 11) is 1.34. The molecule has 31 heavy (non-hydrogen) atoms. The van der Waals surface area contributed by atoms with Crippen LogP contribution < -0.4 is 0 Å². The summed E-state index contributed by atoms with van der Waals surface area (Å²) in [4.78, 5) is 22.2. The first kappa shape index (κ1) is 25.8. The van der Waals surface area contributed by atoms with E-state index in [0.29, 0.717) is 6.61 Å². The van der Waals surface area contributed by atoms with Gasteiger partial charge in [0.2, 0.25) is 5.76 Å². The monoisotopic (exact) mass is 428 g/mol. The van der Waals surface area contributed by atoms with E-state index >= 15 is 0 Å². The molecule has 0 aliphatic heterocycles. The fourth-order valence-electron chi connectivity index (χ4n) is 2.68. The molecule has 6 heteroatoms. The van der Waals surface area contributed by atoms with Gasteiger partial charge in [0.25, 0.3) is 0 Å². The Labute approximate surface area is 184 Å². The number of para-hydroxylation sites is 1. The molecular weight excluding hydrogens is 396 g/mol. The Morgan fingerprint density at radius 1 is 0.903 bits per heavy atom. The molecule has 2 rings (SSSR count). The highest BCUT2D eigenvalue weighted by Crippen LogP contribution is 2.16. The zero-order valence-electron chi connectivity index (χ0n) is 18.3. The number of esters is 1. The molecule has 0 bridgehead atoms. The number of unbranched alkanes of at least 4 members (excludes halogenated alkanes) is 5. The van der Waals surface area contributed by atoms with Gasteiger partial charge in [-0.2, -0.15) is 0 Å². The molecule has 0 atom stereocenters. The number of methoxy groups -OCH3 is 1. The first-order valence-electron chi connectivity index (χ1n) is 10.5. The Hall–Kier alpha value is -3.28. The van der Waals surface area contributed by atoms with Crippen LogP contribution in [0.2, 0.25) is 0 Å². The Kier molecular flexibility index (Phi) is 12.9. The summed E-state index contributed by atoms with van der Waals surface area (Å²) in [6, 6.07) is 15.6. The summed E-state index contributed by atoms with van der Waals surface area (Å²) >= 11 is 0. The Bertz CT molecular complexity index is 814. The minimum atomic E-state index is -1.06. The Morgan fingerprint density at radius 3 is 2.13 bits per heavy atom. The molecule has 2 aromatic rings. The lowest BCUT2D eigenvalue weighted by Gasteiger charge is -2.06. The third-order valence-corrected chi connectivity index (χ3v) is 4.38. The maximum atomic E-state index is 11.6. The van der Waals surface area contributed by atoms with Crippen LogP contribution in [0.15, 0.2) is 60.4 Å². The number of carbonyl (C=O) groups excluding carboxylic acids is 1. The number of phenolic OH excluding ortho intramolecular Hbond substituents is 1. The molecule has 0 radical (unpaired) electrons. The number of aromatic hydroxyl groups is 1. The van der Waals surface area contributed by atoms with Crippen LogP contribution in [0.25, 0.3) is 6.08 Å². The van der Waals surface area contributed by atoms with Gasteiger partial charge in [-0.1, -0.05) is 81.5 Å². The van der Waals surface area contributed by atoms with Crippen molar-refractivity contribution in [2.24, 2.45) is 0 Å². The summed E-state index contributed by atoms with van der Waals surface area (Å²) in [6.45, 7) is 2.62. The van der Waals surface area contributed by atoms with E-state index < -0.39 is 11.9 Å². The second-order valence-electron chi connectivity index (χ2n) is 6.85. The maximum absolute atomic E-state index is 11.6. The van der Waals surface area contributed by atoms with Gasteiger partial charge < -0.3 is 19.7 Å². The number of carbonyl (C=O) groups is 2. The molecule has 0 aliphatic carbocycles. The van der Waals surface area contributed by atoms with E-state index in [1.165, 1.54) is 44.9 Å². The highest BCUT2D eigenvalue weighted by molar-refractivity contribution is 5.92. The number of carboxylic acids is 1. The quantitative estimate of drug-likeness (QED) is 0.207. The SMILES string of the molecule is CCCCCCCCOC(=O)c1ccccc1O.COC(=Cc1ccccc1)C(=O)O. The van der Waals surface area contributed by atoms with Crippen LogP contribution in [0.1, 0.15) is 61.4 Å². The molecule has 0 heterocycles. The third kappa shape index (κ3) is 10.9. The first-order valence-corrected chi connectivity index (χ1v) is 10.5. The van der Waals surface area contributed by atoms with Crippen LogP contribution in [0.3, 0.4) is 0 Å². The standard InChI is InChI=1S/C15H22O3.C10H10O3/c1-2-3-4-5-6-9-12-18-15(17)13-10-7-8-11-14(13)16;1-13-9(10(11)12)7-8-5-3-2-4-6-8/h7-8,10-11,16H,2-6,9,12H2,1H3;2-7H,1H3,(H,11,12). The van der Waals surface area contributed by atoms with Crippen molar-refractivity contribution in [2.45, 2.75) is 45.4 Å². The van der Waals surface area contributed by atoms with E-state index in [4.69, 9.17) is 9.84 Å². The predicted octanol–water partition coefficient (Wildman–Crippen LogP) is 5.67.